The lowest BCUT2D eigenvalue weighted by Gasteiger charge is -2.11. The average Bonchev–Trinajstić information content (AvgIpc) is 2.70. The third-order valence-electron chi connectivity index (χ3n) is 4.06. The average molecular weight is 341 g/mol. The second-order valence-electron chi connectivity index (χ2n) is 5.86. The van der Waals surface area contributed by atoms with E-state index in [4.69, 9.17) is 14.7 Å². The van der Waals surface area contributed by atoms with Crippen LogP contribution in [0, 0.1) is 0 Å². The number of hydrogen-bond donors (Lipinski definition) is 1. The third-order valence-corrected chi connectivity index (χ3v) is 4.06. The van der Waals surface area contributed by atoms with Crippen LogP contribution < -0.4 is 10.1 Å². The second-order valence-corrected chi connectivity index (χ2v) is 5.86. The zero-order valence-corrected chi connectivity index (χ0v) is 14.5. The minimum absolute atomic E-state index is 0.657. The number of nitrogens with one attached hydrogen (secondary N) is 1. The predicted octanol–water partition coefficient (Wildman–Crippen LogP) is 5.44. The molecule has 0 unspecified atom stereocenters. The number of fused-ring (bicyclic) bond motifs is 1. The lowest BCUT2D eigenvalue weighted by atomic mass is 10.2. The lowest BCUT2D eigenvalue weighted by Crippen LogP contribution is -1.99. The highest BCUT2D eigenvalue weighted by Crippen LogP contribution is 2.27. The van der Waals surface area contributed by atoms with E-state index in [2.05, 4.69) is 5.32 Å². The first-order chi connectivity index (χ1) is 12.8. The van der Waals surface area contributed by atoms with Crippen molar-refractivity contribution in [3.8, 4) is 17.1 Å². The van der Waals surface area contributed by atoms with Gasteiger partial charge in [0.25, 0.3) is 0 Å². The van der Waals surface area contributed by atoms with Crippen LogP contribution in [0.1, 0.15) is 6.92 Å². The van der Waals surface area contributed by atoms with Crippen LogP contribution in [0.4, 0.5) is 11.5 Å². The molecule has 0 aliphatic heterocycles. The van der Waals surface area contributed by atoms with Crippen molar-refractivity contribution in [1.29, 1.82) is 0 Å². The Morgan fingerprint density at radius 1 is 0.808 bits per heavy atom. The van der Waals surface area contributed by atoms with E-state index in [9.17, 15) is 0 Å². The largest absolute Gasteiger partial charge is 0.494 e. The number of nitrogens with zero attached hydrogens (tertiary/aromatic N) is 2. The summed E-state index contributed by atoms with van der Waals surface area (Å²) < 4.78 is 5.50. The molecule has 0 saturated heterocycles. The molecular weight excluding hydrogens is 322 g/mol. The first-order valence-corrected chi connectivity index (χ1v) is 8.65. The minimum Gasteiger partial charge on any atom is -0.494 e. The SMILES string of the molecule is CCOc1ccc(Nc2nc(-c3ccccc3)nc3ccccc23)cc1. The Bertz CT molecular complexity index is 1010. The smallest absolute Gasteiger partial charge is 0.162 e. The van der Waals surface area contributed by atoms with Crippen molar-refractivity contribution in [2.75, 3.05) is 11.9 Å². The van der Waals surface area contributed by atoms with Crippen LogP contribution in [0.2, 0.25) is 0 Å². The van der Waals surface area contributed by atoms with E-state index in [0.717, 1.165) is 33.7 Å². The first kappa shape index (κ1) is 16.1. The van der Waals surface area contributed by atoms with E-state index in [1.54, 1.807) is 0 Å². The molecule has 4 nitrogen and oxygen atoms in total. The van der Waals surface area contributed by atoms with Gasteiger partial charge in [0.2, 0.25) is 0 Å². The molecule has 0 aliphatic carbocycles. The van der Waals surface area contributed by atoms with Crippen molar-refractivity contribution in [2.24, 2.45) is 0 Å². The van der Waals surface area contributed by atoms with Crippen LogP contribution in [0.25, 0.3) is 22.3 Å². The fraction of sp³-hybridized carbons (Fsp3) is 0.0909. The van der Waals surface area contributed by atoms with Crippen LogP contribution in [-0.2, 0) is 0 Å². The van der Waals surface area contributed by atoms with Gasteiger partial charge >= 0.3 is 0 Å². The fourth-order valence-corrected chi connectivity index (χ4v) is 2.83. The molecule has 1 heterocycles. The van der Waals surface area contributed by atoms with Gasteiger partial charge < -0.3 is 10.1 Å². The quantitative estimate of drug-likeness (QED) is 0.525. The van der Waals surface area contributed by atoms with Gasteiger partial charge in [-0.2, -0.15) is 0 Å². The fourth-order valence-electron chi connectivity index (χ4n) is 2.83. The Morgan fingerprint density at radius 2 is 1.54 bits per heavy atom. The molecule has 0 aliphatic rings. The molecule has 0 radical (unpaired) electrons. The standard InChI is InChI=1S/C22H19N3O/c1-2-26-18-14-12-17(13-15-18)23-22-19-10-6-7-11-20(19)24-21(25-22)16-8-4-3-5-9-16/h3-15H,2H2,1H3,(H,23,24,25). The van der Waals surface area contributed by atoms with Gasteiger partial charge in [-0.1, -0.05) is 42.5 Å². The first-order valence-electron chi connectivity index (χ1n) is 8.65. The van der Waals surface area contributed by atoms with E-state index < -0.39 is 0 Å². The number of rotatable bonds is 5. The molecular formula is C22H19N3O. The van der Waals surface area contributed by atoms with Gasteiger partial charge in [0, 0.05) is 16.6 Å². The zero-order chi connectivity index (χ0) is 17.8. The molecule has 128 valence electrons. The Morgan fingerprint density at radius 3 is 2.31 bits per heavy atom. The number of benzene rings is 3. The number of anilines is 2. The molecule has 0 saturated carbocycles. The summed E-state index contributed by atoms with van der Waals surface area (Å²) in [5, 5.41) is 4.41. The van der Waals surface area contributed by atoms with Crippen LogP contribution in [0.5, 0.6) is 5.75 Å². The van der Waals surface area contributed by atoms with Gasteiger partial charge in [0.05, 0.1) is 12.1 Å². The molecule has 0 amide bonds. The van der Waals surface area contributed by atoms with Crippen LogP contribution in [-0.4, -0.2) is 16.6 Å². The molecule has 1 aromatic heterocycles. The summed E-state index contributed by atoms with van der Waals surface area (Å²) in [6.45, 7) is 2.63. The molecule has 0 atom stereocenters. The molecule has 1 N–H and O–H groups in total. The summed E-state index contributed by atoms with van der Waals surface area (Å²) >= 11 is 0. The number of ether oxygens (including phenoxy) is 1. The van der Waals surface area contributed by atoms with E-state index >= 15 is 0 Å². The molecule has 4 rings (SSSR count). The Kier molecular flexibility index (Phi) is 4.48. The molecule has 26 heavy (non-hydrogen) atoms. The Hall–Kier alpha value is -3.40. The van der Waals surface area contributed by atoms with Crippen molar-refractivity contribution in [1.82, 2.24) is 9.97 Å². The van der Waals surface area contributed by atoms with Gasteiger partial charge in [0.1, 0.15) is 11.6 Å². The van der Waals surface area contributed by atoms with Crippen LogP contribution in [0.15, 0.2) is 78.9 Å². The maximum Gasteiger partial charge on any atom is 0.162 e. The highest BCUT2D eigenvalue weighted by molar-refractivity contribution is 5.92. The normalized spacial score (nSPS) is 10.7. The second kappa shape index (κ2) is 7.23. The number of para-hydroxylation sites is 1. The maximum atomic E-state index is 5.50. The summed E-state index contributed by atoms with van der Waals surface area (Å²) in [5.41, 5.74) is 2.86. The summed E-state index contributed by atoms with van der Waals surface area (Å²) in [6, 6.07) is 25.9. The van der Waals surface area contributed by atoms with Gasteiger partial charge in [-0.25, -0.2) is 9.97 Å². The van der Waals surface area contributed by atoms with Crippen molar-refractivity contribution in [2.45, 2.75) is 6.92 Å². The van der Waals surface area contributed by atoms with Crippen molar-refractivity contribution in [3.05, 3.63) is 78.9 Å². The number of aromatic nitrogens is 2. The van der Waals surface area contributed by atoms with Crippen molar-refractivity contribution < 1.29 is 4.74 Å². The van der Waals surface area contributed by atoms with E-state index in [0.29, 0.717) is 12.4 Å². The molecule has 4 aromatic rings. The van der Waals surface area contributed by atoms with Gasteiger partial charge in [-0.15, -0.1) is 0 Å². The van der Waals surface area contributed by atoms with Crippen LogP contribution in [0.3, 0.4) is 0 Å². The molecule has 3 aromatic carbocycles. The summed E-state index contributed by atoms with van der Waals surface area (Å²) in [7, 11) is 0. The molecule has 4 heteroatoms. The maximum absolute atomic E-state index is 5.50. The lowest BCUT2D eigenvalue weighted by molar-refractivity contribution is 0.340. The summed E-state index contributed by atoms with van der Waals surface area (Å²) in [5.74, 6) is 2.35. The summed E-state index contributed by atoms with van der Waals surface area (Å²) in [6.07, 6.45) is 0. The van der Waals surface area contributed by atoms with Crippen molar-refractivity contribution >= 4 is 22.4 Å². The third kappa shape index (κ3) is 3.35. The highest BCUT2D eigenvalue weighted by atomic mass is 16.5. The topological polar surface area (TPSA) is 47.0 Å². The Balaban J connectivity index is 1.75. The molecule has 0 fully saturated rings. The number of hydrogen-bond acceptors (Lipinski definition) is 4. The van der Waals surface area contributed by atoms with E-state index in [1.165, 1.54) is 0 Å². The predicted molar refractivity (Wildman–Crippen MR) is 106 cm³/mol. The van der Waals surface area contributed by atoms with E-state index in [1.807, 2.05) is 85.8 Å². The Labute approximate surface area is 152 Å². The summed E-state index contributed by atoms with van der Waals surface area (Å²) in [4.78, 5) is 9.49. The van der Waals surface area contributed by atoms with Gasteiger partial charge in [-0.3, -0.25) is 0 Å². The monoisotopic (exact) mass is 341 g/mol. The molecule has 0 spiro atoms. The van der Waals surface area contributed by atoms with Gasteiger partial charge in [0.15, 0.2) is 5.82 Å². The van der Waals surface area contributed by atoms with Crippen molar-refractivity contribution in [3.63, 3.8) is 0 Å². The minimum atomic E-state index is 0.657. The molecule has 0 bridgehead atoms. The zero-order valence-electron chi connectivity index (χ0n) is 14.5. The van der Waals surface area contributed by atoms with Crippen LogP contribution >= 0.6 is 0 Å². The highest BCUT2D eigenvalue weighted by Gasteiger charge is 2.09. The van der Waals surface area contributed by atoms with Gasteiger partial charge in [-0.05, 0) is 43.3 Å². The van der Waals surface area contributed by atoms with E-state index in [-0.39, 0.29) is 0 Å².